The Bertz CT molecular complexity index is 3170. The minimum absolute atomic E-state index is 0.909. The smallest absolute Gasteiger partial charge is 0.136 e. The van der Waals surface area contributed by atoms with Crippen LogP contribution < -0.4 is 0 Å². The first-order valence-corrected chi connectivity index (χ1v) is 18.9. The van der Waals surface area contributed by atoms with Crippen LogP contribution in [-0.2, 0) is 0 Å². The Morgan fingerprint density at radius 3 is 1.27 bits per heavy atom. The zero-order chi connectivity index (χ0) is 36.3. The molecule has 11 rings (SSSR count). The van der Waals surface area contributed by atoms with Crippen LogP contribution in [0, 0.1) is 0 Å². The van der Waals surface area contributed by atoms with Crippen molar-refractivity contribution in [2.75, 3.05) is 0 Å². The standard InChI is InChI=1S/C54H34O/c1-2-15-40-35(13-1)14-11-23-41(40)36-27-31-38(32-28-36)52-45-18-5-7-20-47(45)53(48-21-8-6-19-46(48)52)39-33-29-37(30-34-39)42-16-3-4-17-43(42)44-24-12-26-51-54(44)49-22-9-10-25-50(49)55-51/h1-34H. The van der Waals surface area contributed by atoms with Crippen molar-refractivity contribution < 1.29 is 4.42 Å². The predicted octanol–water partition coefficient (Wildman–Crippen LogP) is 15.4. The third-order valence-electron chi connectivity index (χ3n) is 11.3. The Morgan fingerprint density at radius 1 is 0.236 bits per heavy atom. The summed E-state index contributed by atoms with van der Waals surface area (Å²) in [6, 6.07) is 74.7. The Labute approximate surface area is 319 Å². The topological polar surface area (TPSA) is 13.1 Å². The number of rotatable bonds is 5. The van der Waals surface area contributed by atoms with Crippen LogP contribution in [0.2, 0.25) is 0 Å². The molecule has 11 aromatic rings. The van der Waals surface area contributed by atoms with E-state index >= 15 is 0 Å². The highest BCUT2D eigenvalue weighted by molar-refractivity contribution is 6.21. The van der Waals surface area contributed by atoms with Gasteiger partial charge >= 0.3 is 0 Å². The van der Waals surface area contributed by atoms with Crippen molar-refractivity contribution in [1.82, 2.24) is 0 Å². The summed E-state index contributed by atoms with van der Waals surface area (Å²) in [4.78, 5) is 0. The lowest BCUT2D eigenvalue weighted by atomic mass is 9.85. The highest BCUT2D eigenvalue weighted by Crippen LogP contribution is 2.45. The lowest BCUT2D eigenvalue weighted by molar-refractivity contribution is 0.669. The summed E-state index contributed by atoms with van der Waals surface area (Å²) in [5.41, 5.74) is 14.0. The van der Waals surface area contributed by atoms with E-state index in [4.69, 9.17) is 4.42 Å². The maximum absolute atomic E-state index is 6.27. The first-order chi connectivity index (χ1) is 27.3. The van der Waals surface area contributed by atoms with Gasteiger partial charge in [-0.2, -0.15) is 0 Å². The van der Waals surface area contributed by atoms with Crippen molar-refractivity contribution in [3.05, 3.63) is 206 Å². The number of hydrogen-bond acceptors (Lipinski definition) is 1. The van der Waals surface area contributed by atoms with Gasteiger partial charge in [0.1, 0.15) is 11.2 Å². The van der Waals surface area contributed by atoms with Gasteiger partial charge in [0, 0.05) is 10.8 Å². The Kier molecular flexibility index (Phi) is 7.25. The van der Waals surface area contributed by atoms with Gasteiger partial charge in [-0.25, -0.2) is 0 Å². The molecule has 0 saturated carbocycles. The number of fused-ring (bicyclic) bond motifs is 6. The molecular weight excluding hydrogens is 665 g/mol. The fourth-order valence-electron chi connectivity index (χ4n) is 8.83. The largest absolute Gasteiger partial charge is 0.456 e. The molecule has 55 heavy (non-hydrogen) atoms. The zero-order valence-corrected chi connectivity index (χ0v) is 30.0. The fourth-order valence-corrected chi connectivity index (χ4v) is 8.83. The molecule has 1 nitrogen and oxygen atoms in total. The second kappa shape index (κ2) is 12.7. The molecule has 0 N–H and O–H groups in total. The highest BCUT2D eigenvalue weighted by atomic mass is 16.3. The Balaban J connectivity index is 1.03. The van der Waals surface area contributed by atoms with Crippen LogP contribution in [0.5, 0.6) is 0 Å². The van der Waals surface area contributed by atoms with Gasteiger partial charge in [0.25, 0.3) is 0 Å². The molecule has 0 saturated heterocycles. The molecule has 0 aliphatic carbocycles. The molecule has 1 aromatic heterocycles. The summed E-state index contributed by atoms with van der Waals surface area (Å²) in [5, 5.41) is 9.84. The molecule has 0 aliphatic rings. The molecule has 0 amide bonds. The van der Waals surface area contributed by atoms with Crippen molar-refractivity contribution in [2.24, 2.45) is 0 Å². The van der Waals surface area contributed by atoms with Crippen LogP contribution in [0.25, 0.3) is 110 Å². The molecule has 0 unspecified atom stereocenters. The number of furan rings is 1. The molecule has 0 aliphatic heterocycles. The molecule has 10 aromatic carbocycles. The van der Waals surface area contributed by atoms with Gasteiger partial charge in [0.05, 0.1) is 0 Å². The monoisotopic (exact) mass is 698 g/mol. The van der Waals surface area contributed by atoms with E-state index in [0.717, 1.165) is 21.9 Å². The Morgan fingerprint density at radius 2 is 0.636 bits per heavy atom. The summed E-state index contributed by atoms with van der Waals surface area (Å²) in [5.74, 6) is 0. The van der Waals surface area contributed by atoms with E-state index in [-0.39, 0.29) is 0 Å². The van der Waals surface area contributed by atoms with Crippen molar-refractivity contribution in [3.63, 3.8) is 0 Å². The zero-order valence-electron chi connectivity index (χ0n) is 30.0. The van der Waals surface area contributed by atoms with Gasteiger partial charge in [-0.15, -0.1) is 0 Å². The second-order valence-corrected chi connectivity index (χ2v) is 14.3. The van der Waals surface area contributed by atoms with Gasteiger partial charge in [-0.3, -0.25) is 0 Å². The van der Waals surface area contributed by atoms with E-state index in [2.05, 4.69) is 194 Å². The molecular formula is C54H34O. The molecule has 0 spiro atoms. The minimum atomic E-state index is 0.909. The summed E-state index contributed by atoms with van der Waals surface area (Å²) in [7, 11) is 0. The molecule has 256 valence electrons. The van der Waals surface area contributed by atoms with Crippen molar-refractivity contribution in [3.8, 4) is 55.6 Å². The third kappa shape index (κ3) is 5.09. The maximum Gasteiger partial charge on any atom is 0.136 e. The molecule has 0 fully saturated rings. The van der Waals surface area contributed by atoms with E-state index < -0.39 is 0 Å². The first-order valence-electron chi connectivity index (χ1n) is 18.9. The quantitative estimate of drug-likeness (QED) is 0.163. The fraction of sp³-hybridized carbons (Fsp3) is 0. The lowest BCUT2D eigenvalue weighted by Gasteiger charge is -2.18. The molecule has 0 atom stereocenters. The summed E-state index contributed by atoms with van der Waals surface area (Å²) in [6.07, 6.45) is 0. The summed E-state index contributed by atoms with van der Waals surface area (Å²) >= 11 is 0. The van der Waals surface area contributed by atoms with Crippen LogP contribution in [0.1, 0.15) is 0 Å². The van der Waals surface area contributed by atoms with Crippen molar-refractivity contribution >= 4 is 54.3 Å². The molecule has 0 radical (unpaired) electrons. The summed E-state index contributed by atoms with van der Waals surface area (Å²) < 4.78 is 6.27. The average Bonchev–Trinajstić information content (AvgIpc) is 3.65. The van der Waals surface area contributed by atoms with Crippen LogP contribution in [0.4, 0.5) is 0 Å². The molecule has 1 heteroatoms. The minimum Gasteiger partial charge on any atom is -0.456 e. The number of hydrogen-bond donors (Lipinski definition) is 0. The number of benzene rings is 10. The van der Waals surface area contributed by atoms with E-state index in [0.29, 0.717) is 0 Å². The first kappa shape index (κ1) is 31.3. The van der Waals surface area contributed by atoms with E-state index in [1.165, 1.54) is 88.0 Å². The van der Waals surface area contributed by atoms with Crippen molar-refractivity contribution in [2.45, 2.75) is 0 Å². The predicted molar refractivity (Wildman–Crippen MR) is 233 cm³/mol. The normalized spacial score (nSPS) is 11.6. The van der Waals surface area contributed by atoms with Gasteiger partial charge in [-0.05, 0) is 100 Å². The molecule has 1 heterocycles. The second-order valence-electron chi connectivity index (χ2n) is 14.3. The van der Waals surface area contributed by atoms with Crippen LogP contribution in [0.3, 0.4) is 0 Å². The Hall–Kier alpha value is -7.22. The van der Waals surface area contributed by atoms with Crippen LogP contribution in [0.15, 0.2) is 211 Å². The SMILES string of the molecule is c1ccc(-c2cccc3oc4ccccc4c23)c(-c2ccc(-c3c4ccccc4c(-c4ccc(-c5cccc6ccccc56)cc4)c4ccccc34)cc2)c1. The van der Waals surface area contributed by atoms with Gasteiger partial charge in [-0.1, -0.05) is 194 Å². The summed E-state index contributed by atoms with van der Waals surface area (Å²) in [6.45, 7) is 0. The third-order valence-corrected chi connectivity index (χ3v) is 11.3. The highest BCUT2D eigenvalue weighted by Gasteiger charge is 2.18. The van der Waals surface area contributed by atoms with Gasteiger partial charge in [0.15, 0.2) is 0 Å². The van der Waals surface area contributed by atoms with Gasteiger partial charge < -0.3 is 4.42 Å². The van der Waals surface area contributed by atoms with Gasteiger partial charge in [0.2, 0.25) is 0 Å². The van der Waals surface area contributed by atoms with E-state index in [1.54, 1.807) is 0 Å². The van der Waals surface area contributed by atoms with Crippen LogP contribution >= 0.6 is 0 Å². The lowest BCUT2D eigenvalue weighted by Crippen LogP contribution is -1.91. The maximum atomic E-state index is 6.27. The van der Waals surface area contributed by atoms with E-state index in [9.17, 15) is 0 Å². The average molecular weight is 699 g/mol. The molecule has 0 bridgehead atoms. The van der Waals surface area contributed by atoms with Crippen LogP contribution in [-0.4, -0.2) is 0 Å². The van der Waals surface area contributed by atoms with E-state index in [1.807, 2.05) is 12.1 Å². The number of para-hydroxylation sites is 1. The van der Waals surface area contributed by atoms with Crippen molar-refractivity contribution in [1.29, 1.82) is 0 Å².